The molecule has 1 aliphatic heterocycles. The normalized spacial score (nSPS) is 23.5. The minimum absolute atomic E-state index is 0.390. The summed E-state index contributed by atoms with van der Waals surface area (Å²) in [5.74, 6) is 0.831. The third-order valence-corrected chi connectivity index (χ3v) is 5.06. The van der Waals surface area contributed by atoms with Crippen LogP contribution in [-0.4, -0.2) is 48.9 Å². The first-order valence-electron chi connectivity index (χ1n) is 9.26. The van der Waals surface area contributed by atoms with E-state index in [1.807, 2.05) is 0 Å². The van der Waals surface area contributed by atoms with Crippen LogP contribution in [0, 0.1) is 0 Å². The topological polar surface area (TPSA) is 59.9 Å². The molecule has 1 aromatic rings. The van der Waals surface area contributed by atoms with Crippen molar-refractivity contribution in [3.63, 3.8) is 0 Å². The first-order valence-corrected chi connectivity index (χ1v) is 9.26. The molecule has 1 saturated carbocycles. The molecule has 5 nitrogen and oxygen atoms in total. The van der Waals surface area contributed by atoms with Gasteiger partial charge in [-0.2, -0.15) is 0 Å². The zero-order valence-electron chi connectivity index (χ0n) is 14.7. The first kappa shape index (κ1) is 17.1. The molecule has 3 N–H and O–H groups in total. The maximum absolute atomic E-state index is 10.5. The molecule has 0 radical (unpaired) electrons. The van der Waals surface area contributed by atoms with Gasteiger partial charge in [0.25, 0.3) is 0 Å². The van der Waals surface area contributed by atoms with Gasteiger partial charge < -0.3 is 20.6 Å². The number of nitrogens with zero attached hydrogens (tertiary/aromatic N) is 2. The average Bonchev–Trinajstić information content (AvgIpc) is 3.24. The van der Waals surface area contributed by atoms with Crippen molar-refractivity contribution >= 4 is 11.6 Å². The van der Waals surface area contributed by atoms with E-state index < -0.39 is 5.60 Å². The summed E-state index contributed by atoms with van der Waals surface area (Å²) in [4.78, 5) is 7.06. The second kappa shape index (κ2) is 7.88. The summed E-state index contributed by atoms with van der Waals surface area (Å²) in [6.07, 6.45) is 5.08. The quantitative estimate of drug-likeness (QED) is 0.572. The number of para-hydroxylation sites is 1. The van der Waals surface area contributed by atoms with E-state index in [1.54, 1.807) is 0 Å². The Hall–Kier alpha value is -1.75. The van der Waals surface area contributed by atoms with Crippen LogP contribution >= 0.6 is 0 Å². The van der Waals surface area contributed by atoms with Crippen LogP contribution in [0.15, 0.2) is 35.3 Å². The van der Waals surface area contributed by atoms with E-state index in [1.165, 1.54) is 5.69 Å². The molecule has 1 unspecified atom stereocenters. The maximum atomic E-state index is 10.5. The van der Waals surface area contributed by atoms with Crippen LogP contribution in [0.2, 0.25) is 0 Å². The molecule has 132 valence electrons. The summed E-state index contributed by atoms with van der Waals surface area (Å²) in [7, 11) is 0. The second-order valence-corrected chi connectivity index (χ2v) is 7.04. The summed E-state index contributed by atoms with van der Waals surface area (Å²) in [6, 6.07) is 10.9. The molecule has 2 aliphatic rings. The smallest absolute Gasteiger partial charge is 0.191 e. The van der Waals surface area contributed by atoms with Gasteiger partial charge in [0.1, 0.15) is 0 Å². The Bertz CT molecular complexity index is 540. The van der Waals surface area contributed by atoms with E-state index in [4.69, 9.17) is 0 Å². The summed E-state index contributed by atoms with van der Waals surface area (Å²) in [6.45, 7) is 5.45. The molecule has 0 bridgehead atoms. The maximum Gasteiger partial charge on any atom is 0.191 e. The van der Waals surface area contributed by atoms with Gasteiger partial charge in [0, 0.05) is 31.4 Å². The highest BCUT2D eigenvalue weighted by molar-refractivity contribution is 5.80. The number of aliphatic hydroxyl groups is 1. The highest BCUT2D eigenvalue weighted by atomic mass is 16.3. The molecular formula is C19H30N4O. The monoisotopic (exact) mass is 330 g/mol. The van der Waals surface area contributed by atoms with Gasteiger partial charge in [0.15, 0.2) is 5.96 Å². The fraction of sp³-hybridized carbons (Fsp3) is 0.632. The summed E-state index contributed by atoms with van der Waals surface area (Å²) in [5.41, 5.74) is 0.692. The van der Waals surface area contributed by atoms with E-state index in [9.17, 15) is 5.11 Å². The Labute approximate surface area is 145 Å². The number of benzene rings is 1. The summed E-state index contributed by atoms with van der Waals surface area (Å²) in [5, 5.41) is 17.3. The SMILES string of the molecule is CCNC(=NCC1(O)CCCC1)NC1CCN(c2ccccc2)C1. The van der Waals surface area contributed by atoms with E-state index in [2.05, 4.69) is 57.8 Å². The predicted octanol–water partition coefficient (Wildman–Crippen LogP) is 2.13. The largest absolute Gasteiger partial charge is 0.388 e. The van der Waals surface area contributed by atoms with Gasteiger partial charge in [-0.1, -0.05) is 31.0 Å². The fourth-order valence-corrected chi connectivity index (χ4v) is 3.68. The number of guanidine groups is 1. The van der Waals surface area contributed by atoms with Crippen molar-refractivity contribution in [1.29, 1.82) is 0 Å². The van der Waals surface area contributed by atoms with Crippen LogP contribution < -0.4 is 15.5 Å². The number of hydrogen-bond acceptors (Lipinski definition) is 3. The molecule has 1 saturated heterocycles. The van der Waals surface area contributed by atoms with Gasteiger partial charge in [-0.05, 0) is 38.3 Å². The third kappa shape index (κ3) is 4.41. The fourth-order valence-electron chi connectivity index (χ4n) is 3.68. The number of aliphatic imine (C=N–C) groups is 1. The lowest BCUT2D eigenvalue weighted by Gasteiger charge is -2.22. The van der Waals surface area contributed by atoms with E-state index >= 15 is 0 Å². The van der Waals surface area contributed by atoms with Crippen LogP contribution in [0.5, 0.6) is 0 Å². The summed E-state index contributed by atoms with van der Waals surface area (Å²) >= 11 is 0. The van der Waals surface area contributed by atoms with Gasteiger partial charge in [0.05, 0.1) is 12.1 Å². The molecule has 3 rings (SSSR count). The molecule has 24 heavy (non-hydrogen) atoms. The van der Waals surface area contributed by atoms with E-state index in [0.717, 1.165) is 57.7 Å². The lowest BCUT2D eigenvalue weighted by Crippen LogP contribution is -2.45. The van der Waals surface area contributed by atoms with Gasteiger partial charge in [-0.25, -0.2) is 0 Å². The molecule has 1 atom stereocenters. The van der Waals surface area contributed by atoms with Crippen LogP contribution in [0.1, 0.15) is 39.0 Å². The molecule has 1 aliphatic carbocycles. The van der Waals surface area contributed by atoms with Crippen LogP contribution in [0.25, 0.3) is 0 Å². The van der Waals surface area contributed by atoms with E-state index in [-0.39, 0.29) is 0 Å². The summed E-state index contributed by atoms with van der Waals surface area (Å²) < 4.78 is 0. The Balaban J connectivity index is 1.56. The number of rotatable bonds is 5. The standard InChI is InChI=1S/C19H30N4O/c1-2-20-18(21-15-19(24)11-6-7-12-19)22-16-10-13-23(14-16)17-8-4-3-5-9-17/h3-5,8-9,16,24H,2,6-7,10-15H2,1H3,(H2,20,21,22). The van der Waals surface area contributed by atoms with Crippen molar-refractivity contribution in [1.82, 2.24) is 10.6 Å². The van der Waals surface area contributed by atoms with Gasteiger partial charge in [-0.3, -0.25) is 4.99 Å². The molecule has 0 amide bonds. The predicted molar refractivity (Wildman–Crippen MR) is 99.6 cm³/mol. The van der Waals surface area contributed by atoms with Gasteiger partial charge in [0.2, 0.25) is 0 Å². The average molecular weight is 330 g/mol. The molecule has 0 aromatic heterocycles. The Morgan fingerprint density at radius 3 is 2.75 bits per heavy atom. The van der Waals surface area contributed by atoms with Gasteiger partial charge in [-0.15, -0.1) is 0 Å². The molecule has 0 spiro atoms. The van der Waals surface area contributed by atoms with Crippen molar-refractivity contribution in [2.24, 2.45) is 4.99 Å². The van der Waals surface area contributed by atoms with Crippen molar-refractivity contribution in [3.05, 3.63) is 30.3 Å². The Morgan fingerprint density at radius 2 is 2.04 bits per heavy atom. The van der Waals surface area contributed by atoms with Crippen LogP contribution in [0.3, 0.4) is 0 Å². The number of anilines is 1. The zero-order valence-corrected chi connectivity index (χ0v) is 14.7. The Kier molecular flexibility index (Phi) is 5.61. The molecule has 1 heterocycles. The minimum Gasteiger partial charge on any atom is -0.388 e. The van der Waals surface area contributed by atoms with Crippen molar-refractivity contribution in [3.8, 4) is 0 Å². The molecule has 1 aromatic carbocycles. The first-order chi connectivity index (χ1) is 11.7. The van der Waals surface area contributed by atoms with Crippen molar-refractivity contribution < 1.29 is 5.11 Å². The molecule has 5 heteroatoms. The number of hydrogen-bond donors (Lipinski definition) is 3. The van der Waals surface area contributed by atoms with Crippen molar-refractivity contribution in [2.45, 2.75) is 50.7 Å². The Morgan fingerprint density at radius 1 is 1.29 bits per heavy atom. The lowest BCUT2D eigenvalue weighted by molar-refractivity contribution is 0.0574. The van der Waals surface area contributed by atoms with Crippen molar-refractivity contribution in [2.75, 3.05) is 31.1 Å². The number of nitrogens with one attached hydrogen (secondary N) is 2. The minimum atomic E-state index is -0.589. The third-order valence-electron chi connectivity index (χ3n) is 5.06. The van der Waals surface area contributed by atoms with Crippen LogP contribution in [-0.2, 0) is 0 Å². The lowest BCUT2D eigenvalue weighted by atomic mass is 10.0. The van der Waals surface area contributed by atoms with Crippen LogP contribution in [0.4, 0.5) is 5.69 Å². The van der Waals surface area contributed by atoms with E-state index in [0.29, 0.717) is 12.6 Å². The highest BCUT2D eigenvalue weighted by Crippen LogP contribution is 2.29. The van der Waals surface area contributed by atoms with Gasteiger partial charge >= 0.3 is 0 Å². The highest BCUT2D eigenvalue weighted by Gasteiger charge is 2.31. The molecular weight excluding hydrogens is 300 g/mol. The zero-order chi connectivity index (χ0) is 16.8. The second-order valence-electron chi connectivity index (χ2n) is 7.04. The molecule has 2 fully saturated rings.